The Labute approximate surface area is 157 Å². The highest BCUT2D eigenvalue weighted by molar-refractivity contribution is 7.87. The maximum absolute atomic E-state index is 12.8. The molecule has 0 aliphatic carbocycles. The van der Waals surface area contributed by atoms with Crippen molar-refractivity contribution in [3.05, 3.63) is 47.3 Å². The third-order valence-electron chi connectivity index (χ3n) is 4.58. The van der Waals surface area contributed by atoms with Crippen molar-refractivity contribution in [3.63, 3.8) is 0 Å². The molecule has 1 aliphatic heterocycles. The zero-order chi connectivity index (χ0) is 19.8. The molecule has 2 atom stereocenters. The molecule has 9 nitrogen and oxygen atoms in total. The van der Waals surface area contributed by atoms with E-state index in [0.29, 0.717) is 16.9 Å². The minimum absolute atomic E-state index is 0.268. The summed E-state index contributed by atoms with van der Waals surface area (Å²) < 4.78 is 30.3. The number of carbonyl (C=O) groups excluding carboxylic acids is 1. The number of anilines is 1. The predicted octanol–water partition coefficient (Wildman–Crippen LogP) is 0.819. The van der Waals surface area contributed by atoms with Crippen molar-refractivity contribution in [3.8, 4) is 6.07 Å². The number of nitriles is 1. The average molecular weight is 388 g/mol. The number of aromatic nitrogens is 2. The first-order chi connectivity index (χ1) is 12.7. The maximum atomic E-state index is 12.8. The highest BCUT2D eigenvalue weighted by Crippen LogP contribution is 2.29. The molecule has 1 aromatic carbocycles. The van der Waals surface area contributed by atoms with Crippen molar-refractivity contribution in [1.29, 1.82) is 5.26 Å². The first kappa shape index (κ1) is 19.0. The molecular formula is C17H20N6O3S. The molecule has 1 amide bonds. The Morgan fingerprint density at radius 3 is 2.56 bits per heavy atom. The highest BCUT2D eigenvalue weighted by Gasteiger charge is 2.41. The van der Waals surface area contributed by atoms with Crippen molar-refractivity contribution in [2.45, 2.75) is 25.4 Å². The van der Waals surface area contributed by atoms with E-state index in [1.54, 1.807) is 49.1 Å². The van der Waals surface area contributed by atoms with Crippen LogP contribution in [0, 0.1) is 18.3 Å². The minimum Gasteiger partial charge on any atom is -0.325 e. The van der Waals surface area contributed by atoms with Gasteiger partial charge in [0.2, 0.25) is 5.91 Å². The molecule has 3 rings (SSSR count). The van der Waals surface area contributed by atoms with Gasteiger partial charge >= 0.3 is 0 Å². The number of hydrogen-bond acceptors (Lipinski definition) is 5. The van der Waals surface area contributed by atoms with Crippen LogP contribution in [0.2, 0.25) is 0 Å². The Hall–Kier alpha value is -2.74. The van der Waals surface area contributed by atoms with Crippen LogP contribution in [0.15, 0.2) is 30.5 Å². The lowest BCUT2D eigenvalue weighted by atomic mass is 10.00. The monoisotopic (exact) mass is 388 g/mol. The smallest absolute Gasteiger partial charge is 0.280 e. The number of nitrogens with zero attached hydrogens (tertiary/aromatic N) is 4. The fourth-order valence-electron chi connectivity index (χ4n) is 3.13. The molecule has 2 aromatic rings. The maximum Gasteiger partial charge on any atom is 0.280 e. The topological polar surface area (TPSA) is 120 Å². The lowest BCUT2D eigenvalue weighted by Gasteiger charge is -2.36. The van der Waals surface area contributed by atoms with Gasteiger partial charge in [-0.1, -0.05) is 0 Å². The molecule has 0 saturated carbocycles. The summed E-state index contributed by atoms with van der Waals surface area (Å²) >= 11 is 0. The Kier molecular flexibility index (Phi) is 5.01. The third-order valence-corrected chi connectivity index (χ3v) is 6.17. The first-order valence-corrected chi connectivity index (χ1v) is 9.71. The molecule has 1 saturated heterocycles. The lowest BCUT2D eigenvalue weighted by Crippen LogP contribution is -2.56. The van der Waals surface area contributed by atoms with Crippen LogP contribution in [0.25, 0.3) is 0 Å². The number of aryl methyl sites for hydroxylation is 2. The van der Waals surface area contributed by atoms with Gasteiger partial charge < -0.3 is 5.32 Å². The number of hydrogen-bond donors (Lipinski definition) is 2. The van der Waals surface area contributed by atoms with Gasteiger partial charge in [0.25, 0.3) is 10.2 Å². The largest absolute Gasteiger partial charge is 0.325 e. The molecule has 0 spiro atoms. The van der Waals surface area contributed by atoms with E-state index in [4.69, 9.17) is 5.26 Å². The lowest BCUT2D eigenvalue weighted by molar-refractivity contribution is -0.120. The number of amides is 1. The summed E-state index contributed by atoms with van der Waals surface area (Å²) in [6.45, 7) is 1.80. The van der Waals surface area contributed by atoms with E-state index in [9.17, 15) is 13.2 Å². The van der Waals surface area contributed by atoms with Crippen LogP contribution < -0.4 is 10.0 Å². The SMILES string of the molecule is Cc1nn(C)cc1[C@@H]1C[C@@H](C(=O)Nc2ccc(C#N)cc2)N(C)S(=O)(=O)N1. The van der Waals surface area contributed by atoms with Gasteiger partial charge in [0.1, 0.15) is 6.04 Å². The predicted molar refractivity (Wildman–Crippen MR) is 98.7 cm³/mol. The van der Waals surface area contributed by atoms with Gasteiger partial charge in [0.15, 0.2) is 0 Å². The zero-order valence-corrected chi connectivity index (χ0v) is 16.0. The average Bonchev–Trinajstić information content (AvgIpc) is 2.96. The van der Waals surface area contributed by atoms with Crippen LogP contribution in [0.1, 0.15) is 29.3 Å². The fourth-order valence-corrected chi connectivity index (χ4v) is 4.39. The Morgan fingerprint density at radius 1 is 1.33 bits per heavy atom. The number of rotatable bonds is 3. The summed E-state index contributed by atoms with van der Waals surface area (Å²) in [7, 11) is -0.689. The van der Waals surface area contributed by atoms with Crippen LogP contribution in [0.5, 0.6) is 0 Å². The Bertz CT molecular complexity index is 1010. The second-order valence-electron chi connectivity index (χ2n) is 6.47. The van der Waals surface area contributed by atoms with E-state index in [-0.39, 0.29) is 6.42 Å². The number of carbonyl (C=O) groups is 1. The molecule has 0 bridgehead atoms. The van der Waals surface area contributed by atoms with Crippen molar-refractivity contribution in [1.82, 2.24) is 18.8 Å². The fraction of sp³-hybridized carbons (Fsp3) is 0.353. The molecule has 142 valence electrons. The normalized spacial score (nSPS) is 22.1. The zero-order valence-electron chi connectivity index (χ0n) is 15.2. The van der Waals surface area contributed by atoms with E-state index in [0.717, 1.165) is 9.87 Å². The number of likely N-dealkylation sites (N-methyl/N-ethyl adjacent to an activating group) is 1. The van der Waals surface area contributed by atoms with Gasteiger partial charge in [-0.05, 0) is 37.6 Å². The van der Waals surface area contributed by atoms with Crippen LogP contribution in [-0.2, 0) is 22.1 Å². The summed E-state index contributed by atoms with van der Waals surface area (Å²) in [5.41, 5.74) is 2.42. The van der Waals surface area contributed by atoms with Crippen LogP contribution in [0.3, 0.4) is 0 Å². The van der Waals surface area contributed by atoms with Gasteiger partial charge in [0.05, 0.1) is 23.4 Å². The second kappa shape index (κ2) is 7.11. The summed E-state index contributed by atoms with van der Waals surface area (Å²) in [4.78, 5) is 12.8. The van der Waals surface area contributed by atoms with Gasteiger partial charge in [-0.15, -0.1) is 0 Å². The molecule has 1 fully saturated rings. The van der Waals surface area contributed by atoms with Crippen molar-refractivity contribution < 1.29 is 13.2 Å². The van der Waals surface area contributed by atoms with Gasteiger partial charge in [-0.2, -0.15) is 27.8 Å². The Balaban J connectivity index is 1.84. The van der Waals surface area contributed by atoms with Crippen LogP contribution >= 0.6 is 0 Å². The first-order valence-electron chi connectivity index (χ1n) is 8.27. The molecule has 0 unspecified atom stereocenters. The molecular weight excluding hydrogens is 368 g/mol. The van der Waals surface area contributed by atoms with E-state index in [1.807, 2.05) is 6.07 Å². The molecule has 2 N–H and O–H groups in total. The second-order valence-corrected chi connectivity index (χ2v) is 8.23. The summed E-state index contributed by atoms with van der Waals surface area (Å²) in [5, 5.41) is 15.8. The minimum atomic E-state index is -3.82. The van der Waals surface area contributed by atoms with E-state index in [1.165, 1.54) is 7.05 Å². The van der Waals surface area contributed by atoms with E-state index >= 15 is 0 Å². The van der Waals surface area contributed by atoms with Gasteiger partial charge in [-0.25, -0.2) is 0 Å². The quantitative estimate of drug-likeness (QED) is 0.806. The molecule has 2 heterocycles. The van der Waals surface area contributed by atoms with Crippen molar-refractivity contribution in [2.24, 2.45) is 7.05 Å². The van der Waals surface area contributed by atoms with Gasteiger partial charge in [0, 0.05) is 31.5 Å². The number of benzene rings is 1. The molecule has 10 heteroatoms. The van der Waals surface area contributed by atoms with Crippen LogP contribution in [0.4, 0.5) is 5.69 Å². The standard InChI is InChI=1S/C17H20N6O3S/c1-11-14(10-22(2)20-11)15-8-16(23(3)27(25,26)21-15)17(24)19-13-6-4-12(9-18)5-7-13/h4-7,10,15-16,21H,8H2,1-3H3,(H,19,24)/t15-,16-/m0/s1. The summed E-state index contributed by atoms with van der Waals surface area (Å²) in [6.07, 6.45) is 2.02. The third kappa shape index (κ3) is 3.85. The molecule has 0 radical (unpaired) electrons. The summed E-state index contributed by atoms with van der Waals surface area (Å²) in [5.74, 6) is -0.432. The molecule has 1 aliphatic rings. The Morgan fingerprint density at radius 2 is 2.00 bits per heavy atom. The van der Waals surface area contributed by atoms with Crippen LogP contribution in [-0.4, -0.2) is 41.5 Å². The van der Waals surface area contributed by atoms with Crippen molar-refractivity contribution >= 4 is 21.8 Å². The van der Waals surface area contributed by atoms with Crippen molar-refractivity contribution in [2.75, 3.05) is 12.4 Å². The molecule has 1 aromatic heterocycles. The van der Waals surface area contributed by atoms with E-state index in [2.05, 4.69) is 15.1 Å². The van der Waals surface area contributed by atoms with Gasteiger partial charge in [-0.3, -0.25) is 9.48 Å². The summed E-state index contributed by atoms with van der Waals surface area (Å²) in [6, 6.07) is 6.96. The highest BCUT2D eigenvalue weighted by atomic mass is 32.2. The van der Waals surface area contributed by atoms with E-state index < -0.39 is 28.2 Å². The molecule has 27 heavy (non-hydrogen) atoms. The number of nitrogens with one attached hydrogen (secondary N) is 2.